The van der Waals surface area contributed by atoms with Gasteiger partial charge in [0.25, 0.3) is 5.91 Å². The quantitative estimate of drug-likeness (QED) is 0.741. The molecule has 1 saturated heterocycles. The highest BCUT2D eigenvalue weighted by Crippen LogP contribution is 2.37. The van der Waals surface area contributed by atoms with Crippen LogP contribution in [0.1, 0.15) is 34.5 Å². The van der Waals surface area contributed by atoms with Crippen molar-refractivity contribution in [1.82, 2.24) is 4.90 Å². The highest BCUT2D eigenvalue weighted by molar-refractivity contribution is 6.00. The van der Waals surface area contributed by atoms with Crippen LogP contribution in [-0.2, 0) is 17.1 Å². The summed E-state index contributed by atoms with van der Waals surface area (Å²) in [6.07, 6.45) is -8.14. The van der Waals surface area contributed by atoms with Gasteiger partial charge in [-0.2, -0.15) is 26.3 Å². The molecule has 11 heteroatoms. The van der Waals surface area contributed by atoms with Crippen molar-refractivity contribution in [2.75, 3.05) is 11.9 Å². The number of amides is 2. The van der Waals surface area contributed by atoms with Gasteiger partial charge >= 0.3 is 12.4 Å². The van der Waals surface area contributed by atoms with Crippen LogP contribution in [0.15, 0.2) is 41.0 Å². The van der Waals surface area contributed by atoms with E-state index in [1.807, 2.05) is 0 Å². The van der Waals surface area contributed by atoms with Crippen LogP contribution in [0.25, 0.3) is 0 Å². The molecule has 0 unspecified atom stereocenters. The third-order valence-electron chi connectivity index (χ3n) is 4.40. The minimum absolute atomic E-state index is 0.0249. The second kappa shape index (κ2) is 7.45. The summed E-state index contributed by atoms with van der Waals surface area (Å²) in [5.41, 5.74) is -3.75. The fraction of sp³-hybridized carbons (Fsp3) is 0.333. The van der Waals surface area contributed by atoms with Crippen molar-refractivity contribution in [2.24, 2.45) is 0 Å². The summed E-state index contributed by atoms with van der Waals surface area (Å²) in [5, 5.41) is 2.08. The van der Waals surface area contributed by atoms with Crippen molar-refractivity contribution in [3.8, 4) is 0 Å². The summed E-state index contributed by atoms with van der Waals surface area (Å²) in [4.78, 5) is 26.1. The average Bonchev–Trinajstić information content (AvgIpc) is 3.31. The number of benzene rings is 1. The number of nitrogens with zero attached hydrogens (tertiary/aromatic N) is 1. The van der Waals surface area contributed by atoms with Crippen LogP contribution in [0.5, 0.6) is 0 Å². The molecule has 1 atom stereocenters. The van der Waals surface area contributed by atoms with E-state index >= 15 is 0 Å². The number of likely N-dealkylation sites (tertiary alicyclic amines) is 1. The molecule has 0 radical (unpaired) electrons. The Balaban J connectivity index is 1.85. The first-order valence-corrected chi connectivity index (χ1v) is 8.41. The number of hydrogen-bond donors (Lipinski definition) is 1. The third kappa shape index (κ3) is 4.54. The second-order valence-corrected chi connectivity index (χ2v) is 6.42. The molecule has 0 saturated carbocycles. The number of alkyl halides is 6. The van der Waals surface area contributed by atoms with E-state index in [0.717, 1.165) is 0 Å². The molecule has 1 N–H and O–H groups in total. The van der Waals surface area contributed by atoms with Gasteiger partial charge in [0.15, 0.2) is 5.76 Å². The minimum Gasteiger partial charge on any atom is -0.459 e. The van der Waals surface area contributed by atoms with E-state index in [0.29, 0.717) is 18.6 Å². The van der Waals surface area contributed by atoms with E-state index in [4.69, 9.17) is 4.42 Å². The molecular formula is C18H14F6N2O3. The fourth-order valence-electron chi connectivity index (χ4n) is 3.08. The van der Waals surface area contributed by atoms with Crippen molar-refractivity contribution < 1.29 is 40.3 Å². The standard InChI is InChI=1S/C18H14F6N2O3/c19-17(20,21)10-7-11(18(22,23)24)9-12(8-10)25-15(27)13-3-1-5-26(13)16(28)14-4-2-6-29-14/h2,4,6-9,13H,1,3,5H2,(H,25,27)/t13-/m0/s1. The van der Waals surface area contributed by atoms with Gasteiger partial charge in [-0.3, -0.25) is 9.59 Å². The molecule has 2 aromatic rings. The monoisotopic (exact) mass is 420 g/mol. The summed E-state index contributed by atoms with van der Waals surface area (Å²) in [5.74, 6) is -1.49. The Bertz CT molecular complexity index is 873. The highest BCUT2D eigenvalue weighted by Gasteiger charge is 2.38. The first-order valence-electron chi connectivity index (χ1n) is 8.41. The molecule has 0 bridgehead atoms. The van der Waals surface area contributed by atoms with Crippen LogP contribution in [0, 0.1) is 0 Å². The first-order chi connectivity index (χ1) is 13.5. The molecule has 0 aliphatic carbocycles. The number of carbonyl (C=O) groups is 2. The van der Waals surface area contributed by atoms with Crippen LogP contribution >= 0.6 is 0 Å². The molecule has 1 aromatic heterocycles. The van der Waals surface area contributed by atoms with E-state index in [1.54, 1.807) is 0 Å². The smallest absolute Gasteiger partial charge is 0.416 e. The van der Waals surface area contributed by atoms with Crippen molar-refractivity contribution in [2.45, 2.75) is 31.2 Å². The second-order valence-electron chi connectivity index (χ2n) is 6.42. The van der Waals surface area contributed by atoms with Crippen molar-refractivity contribution >= 4 is 17.5 Å². The van der Waals surface area contributed by atoms with Crippen LogP contribution in [0.3, 0.4) is 0 Å². The maximum absolute atomic E-state index is 13.0. The highest BCUT2D eigenvalue weighted by atomic mass is 19.4. The van der Waals surface area contributed by atoms with Gasteiger partial charge in [0.1, 0.15) is 6.04 Å². The van der Waals surface area contributed by atoms with Gasteiger partial charge in [0.05, 0.1) is 17.4 Å². The summed E-state index contributed by atoms with van der Waals surface area (Å²) in [6, 6.07) is 2.62. The number of anilines is 1. The number of carbonyl (C=O) groups excluding carboxylic acids is 2. The molecule has 1 aromatic carbocycles. The molecule has 2 heterocycles. The van der Waals surface area contributed by atoms with Gasteiger partial charge in [0.2, 0.25) is 5.91 Å². The Labute approximate surface area is 160 Å². The van der Waals surface area contributed by atoms with Crippen LogP contribution in [0.2, 0.25) is 0 Å². The first kappa shape index (κ1) is 20.7. The lowest BCUT2D eigenvalue weighted by molar-refractivity contribution is -0.143. The van der Waals surface area contributed by atoms with Crippen LogP contribution in [-0.4, -0.2) is 29.3 Å². The van der Waals surface area contributed by atoms with Gasteiger partial charge in [0, 0.05) is 12.2 Å². The van der Waals surface area contributed by atoms with E-state index in [-0.39, 0.29) is 24.8 Å². The Morgan fingerprint density at radius 2 is 1.66 bits per heavy atom. The average molecular weight is 420 g/mol. The molecule has 156 valence electrons. The van der Waals surface area contributed by atoms with Gasteiger partial charge in [-0.05, 0) is 43.2 Å². The Morgan fingerprint density at radius 3 is 2.17 bits per heavy atom. The molecule has 0 spiro atoms. The summed E-state index contributed by atoms with van der Waals surface area (Å²) >= 11 is 0. The lowest BCUT2D eigenvalue weighted by Gasteiger charge is -2.23. The van der Waals surface area contributed by atoms with Gasteiger partial charge in [-0.1, -0.05) is 0 Å². The molecule has 29 heavy (non-hydrogen) atoms. The van der Waals surface area contributed by atoms with Crippen LogP contribution in [0.4, 0.5) is 32.0 Å². The van der Waals surface area contributed by atoms with E-state index in [9.17, 15) is 35.9 Å². The number of nitrogens with one attached hydrogen (secondary N) is 1. The Hall–Kier alpha value is -2.98. The molecule has 1 fully saturated rings. The number of rotatable bonds is 3. The van der Waals surface area contributed by atoms with E-state index in [1.165, 1.54) is 23.3 Å². The lowest BCUT2D eigenvalue weighted by Crippen LogP contribution is -2.43. The largest absolute Gasteiger partial charge is 0.459 e. The van der Waals surface area contributed by atoms with Crippen LogP contribution < -0.4 is 5.32 Å². The van der Waals surface area contributed by atoms with Crippen molar-refractivity contribution in [3.63, 3.8) is 0 Å². The van der Waals surface area contributed by atoms with E-state index < -0.39 is 47.0 Å². The number of hydrogen-bond acceptors (Lipinski definition) is 3. The lowest BCUT2D eigenvalue weighted by atomic mass is 10.1. The Kier molecular flexibility index (Phi) is 5.33. The Morgan fingerprint density at radius 1 is 1.03 bits per heavy atom. The zero-order chi connectivity index (χ0) is 21.4. The van der Waals surface area contributed by atoms with Gasteiger partial charge in [-0.25, -0.2) is 0 Å². The topological polar surface area (TPSA) is 62.6 Å². The predicted octanol–water partition coefficient (Wildman–Crippen LogP) is 4.56. The van der Waals surface area contributed by atoms with Gasteiger partial charge < -0.3 is 14.6 Å². The van der Waals surface area contributed by atoms with Gasteiger partial charge in [-0.15, -0.1) is 0 Å². The summed E-state index contributed by atoms with van der Waals surface area (Å²) in [6.45, 7) is 0.202. The minimum atomic E-state index is -5.03. The third-order valence-corrected chi connectivity index (χ3v) is 4.40. The number of halogens is 6. The predicted molar refractivity (Wildman–Crippen MR) is 87.8 cm³/mol. The maximum Gasteiger partial charge on any atom is 0.416 e. The van der Waals surface area contributed by atoms with Crippen molar-refractivity contribution in [3.05, 3.63) is 53.5 Å². The normalized spacial score (nSPS) is 17.4. The maximum atomic E-state index is 13.0. The van der Waals surface area contributed by atoms with Crippen molar-refractivity contribution in [1.29, 1.82) is 0 Å². The van der Waals surface area contributed by atoms with E-state index in [2.05, 4.69) is 5.32 Å². The number of furan rings is 1. The molecule has 5 nitrogen and oxygen atoms in total. The SMILES string of the molecule is O=C(Nc1cc(C(F)(F)F)cc(C(F)(F)F)c1)[C@@H]1CCCN1C(=O)c1ccco1. The zero-order valence-electron chi connectivity index (χ0n) is 14.6. The fourth-order valence-corrected chi connectivity index (χ4v) is 3.08. The molecule has 2 amide bonds. The molecular weight excluding hydrogens is 406 g/mol. The molecule has 1 aliphatic rings. The summed E-state index contributed by atoms with van der Waals surface area (Å²) in [7, 11) is 0. The summed E-state index contributed by atoms with van der Waals surface area (Å²) < 4.78 is 82.7. The molecule has 3 rings (SSSR count). The molecule has 1 aliphatic heterocycles. The zero-order valence-corrected chi connectivity index (χ0v) is 14.6.